The van der Waals surface area contributed by atoms with E-state index in [1.807, 2.05) is 35.9 Å². The zero-order valence-corrected chi connectivity index (χ0v) is 12.5. The van der Waals surface area contributed by atoms with Crippen LogP contribution in [0.15, 0.2) is 12.4 Å². The molecule has 1 amide bonds. The van der Waals surface area contributed by atoms with Gasteiger partial charge in [0.2, 0.25) is 5.91 Å². The largest absolute Gasteiger partial charge is 0.341 e. The van der Waals surface area contributed by atoms with Crippen LogP contribution in [0.5, 0.6) is 0 Å². The third-order valence-corrected chi connectivity index (χ3v) is 3.60. The normalized spacial score (nSPS) is 18.9. The minimum absolute atomic E-state index is 0.0581. The summed E-state index contributed by atoms with van der Waals surface area (Å²) in [4.78, 5) is 16.4. The molecule has 2 heterocycles. The Morgan fingerprint density at radius 2 is 2.20 bits per heavy atom. The van der Waals surface area contributed by atoms with Gasteiger partial charge in [-0.1, -0.05) is 0 Å². The smallest absolute Gasteiger partial charge is 0.224 e. The van der Waals surface area contributed by atoms with E-state index in [-0.39, 0.29) is 11.9 Å². The van der Waals surface area contributed by atoms with E-state index in [9.17, 15) is 4.79 Å². The molecule has 1 aromatic rings. The Morgan fingerprint density at radius 3 is 2.85 bits per heavy atom. The monoisotopic (exact) mass is 279 g/mol. The lowest BCUT2D eigenvalue weighted by Gasteiger charge is -2.22. The third kappa shape index (κ3) is 4.31. The van der Waals surface area contributed by atoms with Gasteiger partial charge < -0.3 is 10.6 Å². The summed E-state index contributed by atoms with van der Waals surface area (Å²) in [5.41, 5.74) is 6.93. The summed E-state index contributed by atoms with van der Waals surface area (Å²) >= 11 is 0. The number of carbonyl (C=O) groups is 1. The van der Waals surface area contributed by atoms with Crippen LogP contribution in [0.3, 0.4) is 0 Å². The van der Waals surface area contributed by atoms with Gasteiger partial charge in [0.05, 0.1) is 6.20 Å². The van der Waals surface area contributed by atoms with Gasteiger partial charge in [0.1, 0.15) is 0 Å². The summed E-state index contributed by atoms with van der Waals surface area (Å²) in [6, 6.07) is -0.0581. The number of rotatable bonds is 4. The number of aromatic nitrogens is 2. The van der Waals surface area contributed by atoms with Crippen LogP contribution in [0.4, 0.5) is 0 Å². The molecule has 20 heavy (non-hydrogen) atoms. The summed E-state index contributed by atoms with van der Waals surface area (Å²) in [5, 5.41) is 4.19. The third-order valence-electron chi connectivity index (χ3n) is 3.60. The Bertz CT molecular complexity index is 443. The van der Waals surface area contributed by atoms with Gasteiger partial charge in [-0.3, -0.25) is 14.4 Å². The van der Waals surface area contributed by atoms with Gasteiger partial charge in [0, 0.05) is 64.0 Å². The SMILES string of the molecule is CC(N)CC(=O)N1CCCN(Cc2cnn(C)c2)CC1. The van der Waals surface area contributed by atoms with E-state index in [2.05, 4.69) is 10.00 Å². The first-order valence-corrected chi connectivity index (χ1v) is 7.28. The first-order valence-electron chi connectivity index (χ1n) is 7.28. The van der Waals surface area contributed by atoms with Crippen LogP contribution in [-0.4, -0.2) is 57.7 Å². The fourth-order valence-corrected chi connectivity index (χ4v) is 2.59. The molecule has 0 saturated carbocycles. The van der Waals surface area contributed by atoms with Crippen molar-refractivity contribution in [2.75, 3.05) is 26.2 Å². The maximum Gasteiger partial charge on any atom is 0.224 e. The van der Waals surface area contributed by atoms with Gasteiger partial charge in [-0.05, 0) is 13.3 Å². The predicted molar refractivity (Wildman–Crippen MR) is 77.9 cm³/mol. The van der Waals surface area contributed by atoms with Crippen LogP contribution in [0.1, 0.15) is 25.3 Å². The topological polar surface area (TPSA) is 67.4 Å². The highest BCUT2D eigenvalue weighted by atomic mass is 16.2. The molecule has 0 radical (unpaired) electrons. The van der Waals surface area contributed by atoms with E-state index in [1.54, 1.807) is 0 Å². The maximum absolute atomic E-state index is 12.0. The van der Waals surface area contributed by atoms with Crippen molar-refractivity contribution in [3.8, 4) is 0 Å². The number of nitrogens with two attached hydrogens (primary N) is 1. The molecule has 1 saturated heterocycles. The van der Waals surface area contributed by atoms with E-state index in [0.29, 0.717) is 6.42 Å². The minimum Gasteiger partial charge on any atom is -0.341 e. The molecule has 0 spiro atoms. The molecule has 6 heteroatoms. The van der Waals surface area contributed by atoms with Crippen LogP contribution in [0.25, 0.3) is 0 Å². The van der Waals surface area contributed by atoms with Crippen molar-refractivity contribution in [2.45, 2.75) is 32.4 Å². The second kappa shape index (κ2) is 6.85. The van der Waals surface area contributed by atoms with E-state index < -0.39 is 0 Å². The van der Waals surface area contributed by atoms with Gasteiger partial charge in [-0.2, -0.15) is 5.10 Å². The lowest BCUT2D eigenvalue weighted by molar-refractivity contribution is -0.131. The number of hydrogen-bond acceptors (Lipinski definition) is 4. The lowest BCUT2D eigenvalue weighted by Crippen LogP contribution is -2.37. The summed E-state index contributed by atoms with van der Waals surface area (Å²) < 4.78 is 1.83. The quantitative estimate of drug-likeness (QED) is 0.854. The van der Waals surface area contributed by atoms with E-state index in [1.165, 1.54) is 5.56 Å². The molecule has 0 bridgehead atoms. The number of aryl methyl sites for hydroxylation is 1. The Hall–Kier alpha value is -1.40. The van der Waals surface area contributed by atoms with Crippen molar-refractivity contribution in [2.24, 2.45) is 12.8 Å². The molecular weight excluding hydrogens is 254 g/mol. The molecule has 112 valence electrons. The summed E-state index contributed by atoms with van der Waals surface area (Å²) in [6.07, 6.45) is 5.42. The number of carbonyl (C=O) groups excluding carboxylic acids is 1. The van der Waals surface area contributed by atoms with Crippen molar-refractivity contribution in [1.29, 1.82) is 0 Å². The van der Waals surface area contributed by atoms with Gasteiger partial charge in [0.15, 0.2) is 0 Å². The first kappa shape index (κ1) is 15.0. The van der Waals surface area contributed by atoms with Crippen molar-refractivity contribution in [1.82, 2.24) is 19.6 Å². The highest BCUT2D eigenvalue weighted by Gasteiger charge is 2.19. The lowest BCUT2D eigenvalue weighted by atomic mass is 10.2. The van der Waals surface area contributed by atoms with Crippen molar-refractivity contribution in [3.63, 3.8) is 0 Å². The number of amides is 1. The highest BCUT2D eigenvalue weighted by molar-refractivity contribution is 5.76. The molecule has 0 aromatic carbocycles. The summed E-state index contributed by atoms with van der Waals surface area (Å²) in [5.74, 6) is 0.184. The zero-order valence-electron chi connectivity index (χ0n) is 12.5. The Kier molecular flexibility index (Phi) is 5.14. The van der Waals surface area contributed by atoms with Crippen molar-refractivity contribution < 1.29 is 4.79 Å². The van der Waals surface area contributed by atoms with E-state index in [0.717, 1.165) is 39.1 Å². The minimum atomic E-state index is -0.0581. The van der Waals surface area contributed by atoms with Gasteiger partial charge in [-0.25, -0.2) is 0 Å². The number of hydrogen-bond donors (Lipinski definition) is 1. The van der Waals surface area contributed by atoms with Crippen LogP contribution in [0.2, 0.25) is 0 Å². The average Bonchev–Trinajstić information content (AvgIpc) is 2.63. The average molecular weight is 279 g/mol. The Balaban J connectivity index is 1.84. The first-order chi connectivity index (χ1) is 9.54. The zero-order chi connectivity index (χ0) is 14.5. The Labute approximate surface area is 120 Å². The van der Waals surface area contributed by atoms with Crippen molar-refractivity contribution in [3.05, 3.63) is 18.0 Å². The molecule has 1 fully saturated rings. The molecule has 1 aromatic heterocycles. The predicted octanol–water partition coefficient (Wildman–Crippen LogP) is 0.192. The van der Waals surface area contributed by atoms with E-state index >= 15 is 0 Å². The van der Waals surface area contributed by atoms with E-state index in [4.69, 9.17) is 5.73 Å². The van der Waals surface area contributed by atoms with Gasteiger partial charge >= 0.3 is 0 Å². The molecule has 1 atom stereocenters. The molecule has 1 unspecified atom stereocenters. The molecule has 1 aliphatic rings. The van der Waals surface area contributed by atoms with Gasteiger partial charge in [0.25, 0.3) is 0 Å². The molecule has 2 N–H and O–H groups in total. The fraction of sp³-hybridized carbons (Fsp3) is 0.714. The Morgan fingerprint density at radius 1 is 1.40 bits per heavy atom. The fourth-order valence-electron chi connectivity index (χ4n) is 2.59. The van der Waals surface area contributed by atoms with Crippen LogP contribution in [0, 0.1) is 0 Å². The molecule has 2 rings (SSSR count). The van der Waals surface area contributed by atoms with Crippen LogP contribution >= 0.6 is 0 Å². The maximum atomic E-state index is 12.0. The molecule has 0 aliphatic carbocycles. The highest BCUT2D eigenvalue weighted by Crippen LogP contribution is 2.09. The summed E-state index contributed by atoms with van der Waals surface area (Å²) in [6.45, 7) is 6.37. The number of nitrogens with zero attached hydrogens (tertiary/aromatic N) is 4. The second-order valence-corrected chi connectivity index (χ2v) is 5.71. The second-order valence-electron chi connectivity index (χ2n) is 5.71. The molecular formula is C14H25N5O. The summed E-state index contributed by atoms with van der Waals surface area (Å²) in [7, 11) is 1.93. The standard InChI is InChI=1S/C14H25N5O/c1-12(15)8-14(20)19-5-3-4-18(6-7-19)11-13-9-16-17(2)10-13/h9-10,12H,3-8,11,15H2,1-2H3. The van der Waals surface area contributed by atoms with Gasteiger partial charge in [-0.15, -0.1) is 0 Å². The molecule has 1 aliphatic heterocycles. The molecule has 6 nitrogen and oxygen atoms in total. The van der Waals surface area contributed by atoms with Crippen LogP contribution < -0.4 is 5.73 Å². The van der Waals surface area contributed by atoms with Crippen LogP contribution in [-0.2, 0) is 18.4 Å². The van der Waals surface area contributed by atoms with Crippen molar-refractivity contribution >= 4 is 5.91 Å².